The van der Waals surface area contributed by atoms with Gasteiger partial charge in [0.25, 0.3) is 0 Å². The zero-order chi connectivity index (χ0) is 39.8. The number of phosphoric acid groups is 1. The third-order valence-electron chi connectivity index (χ3n) is 9.02. The summed E-state index contributed by atoms with van der Waals surface area (Å²) in [5.74, 6) is -0.945. The van der Waals surface area contributed by atoms with Crippen molar-refractivity contribution in [2.75, 3.05) is 26.4 Å². The molecule has 0 radical (unpaired) electrons. The molecule has 1 unspecified atom stereocenters. The van der Waals surface area contributed by atoms with Crippen LogP contribution in [0.5, 0.6) is 0 Å². The van der Waals surface area contributed by atoms with Crippen LogP contribution in [0.15, 0.2) is 36.5 Å². The third kappa shape index (κ3) is 38.5. The summed E-state index contributed by atoms with van der Waals surface area (Å²) in [6.07, 6.45) is 39.6. The first-order valence-electron chi connectivity index (χ1n) is 21.4. The van der Waals surface area contributed by atoms with E-state index in [1.807, 2.05) is 0 Å². The van der Waals surface area contributed by atoms with Crippen molar-refractivity contribution in [3.8, 4) is 0 Å². The monoisotopic (exact) mass is 787 g/mol. The van der Waals surface area contributed by atoms with Crippen molar-refractivity contribution in [3.05, 3.63) is 36.5 Å². The van der Waals surface area contributed by atoms with Crippen molar-refractivity contribution in [1.29, 1.82) is 0 Å². The Labute approximate surface area is 329 Å². The van der Waals surface area contributed by atoms with Gasteiger partial charge in [-0.3, -0.25) is 18.6 Å². The maximum absolute atomic E-state index is 12.6. The molecule has 0 saturated heterocycles. The van der Waals surface area contributed by atoms with Crippen LogP contribution in [0.3, 0.4) is 0 Å². The fourth-order valence-corrected chi connectivity index (χ4v) is 6.44. The van der Waals surface area contributed by atoms with Gasteiger partial charge in [0, 0.05) is 12.8 Å². The number of phosphoric ester groups is 1. The van der Waals surface area contributed by atoms with Crippen LogP contribution >= 0.6 is 7.82 Å². The molecule has 0 amide bonds. The number of carbonyl (C=O) groups excluding carboxylic acids is 2. The Bertz CT molecular complexity index is 999. The van der Waals surface area contributed by atoms with Crippen LogP contribution in [0.2, 0.25) is 0 Å². The van der Waals surface area contributed by atoms with Crippen LogP contribution in [0.1, 0.15) is 187 Å². The van der Waals surface area contributed by atoms with Gasteiger partial charge in [0.15, 0.2) is 6.10 Å². The molecule has 0 aromatic heterocycles. The Balaban J connectivity index is 4.32. The van der Waals surface area contributed by atoms with Crippen molar-refractivity contribution in [2.45, 2.75) is 199 Å². The van der Waals surface area contributed by atoms with E-state index in [-0.39, 0.29) is 19.4 Å². The number of rotatable bonds is 40. The largest absolute Gasteiger partial charge is 0.472 e. The zero-order valence-electron chi connectivity index (χ0n) is 34.2. The minimum Gasteiger partial charge on any atom is -0.462 e. The molecule has 0 fully saturated rings. The van der Waals surface area contributed by atoms with Gasteiger partial charge in [0.05, 0.1) is 19.8 Å². The maximum Gasteiger partial charge on any atom is 0.472 e. The second kappa shape index (κ2) is 39.4. The molecule has 0 heterocycles. The van der Waals surface area contributed by atoms with E-state index in [0.29, 0.717) is 12.8 Å². The first-order chi connectivity index (χ1) is 26.2. The summed E-state index contributed by atoms with van der Waals surface area (Å²) in [7, 11) is -4.62. The van der Waals surface area contributed by atoms with E-state index >= 15 is 0 Å². The van der Waals surface area contributed by atoms with E-state index < -0.39 is 51.8 Å². The normalized spacial score (nSPS) is 14.2. The van der Waals surface area contributed by atoms with Crippen molar-refractivity contribution in [3.63, 3.8) is 0 Å². The fourth-order valence-electron chi connectivity index (χ4n) is 5.65. The average Bonchev–Trinajstić information content (AvgIpc) is 3.16. The smallest absolute Gasteiger partial charge is 0.462 e. The summed E-state index contributed by atoms with van der Waals surface area (Å²) in [4.78, 5) is 34.9. The molecular weight excluding hydrogens is 707 g/mol. The van der Waals surface area contributed by atoms with Crippen LogP contribution in [-0.4, -0.2) is 65.7 Å². The molecule has 0 aromatic rings. The van der Waals surface area contributed by atoms with Crippen molar-refractivity contribution in [1.82, 2.24) is 0 Å². The fraction of sp³-hybridized carbons (Fsp3) is 0.814. The third-order valence-corrected chi connectivity index (χ3v) is 9.97. The molecule has 0 rings (SSSR count). The van der Waals surface area contributed by atoms with E-state index in [0.717, 1.165) is 70.6 Å². The quantitative estimate of drug-likeness (QED) is 0.0237. The number of aliphatic hydroxyl groups excluding tert-OH is 2. The first-order valence-corrected chi connectivity index (χ1v) is 22.9. The SMILES string of the molecule is CCCC/C=C/C/C=C/CCCCCCCC(=O)OC[C@H](COP(=O)(O)OC[C@@H](O)CO)OC(=O)CCCCCCCCC/C=C/CCCCCCCC. The lowest BCUT2D eigenvalue weighted by Gasteiger charge is -2.20. The van der Waals surface area contributed by atoms with Gasteiger partial charge in [-0.25, -0.2) is 4.57 Å². The number of hydrogen-bond acceptors (Lipinski definition) is 9. The molecule has 0 spiro atoms. The predicted octanol–water partition coefficient (Wildman–Crippen LogP) is 11.2. The van der Waals surface area contributed by atoms with Crippen molar-refractivity contribution < 1.29 is 47.8 Å². The van der Waals surface area contributed by atoms with Crippen LogP contribution in [0, 0.1) is 0 Å². The molecule has 3 N–H and O–H groups in total. The summed E-state index contributed by atoms with van der Waals surface area (Å²) in [6, 6.07) is 0. The predicted molar refractivity (Wildman–Crippen MR) is 219 cm³/mol. The van der Waals surface area contributed by atoms with Gasteiger partial charge in [-0.05, 0) is 64.2 Å². The average molecular weight is 787 g/mol. The van der Waals surface area contributed by atoms with Crippen LogP contribution in [-0.2, 0) is 32.7 Å². The van der Waals surface area contributed by atoms with E-state index in [2.05, 4.69) is 54.8 Å². The molecule has 54 heavy (non-hydrogen) atoms. The summed E-state index contributed by atoms with van der Waals surface area (Å²) in [6.45, 7) is 2.32. The summed E-state index contributed by atoms with van der Waals surface area (Å²) < 4.78 is 32.7. The van der Waals surface area contributed by atoms with Crippen LogP contribution < -0.4 is 0 Å². The van der Waals surface area contributed by atoms with Gasteiger partial charge in [-0.2, -0.15) is 0 Å². The summed E-state index contributed by atoms with van der Waals surface area (Å²) in [5.41, 5.74) is 0. The van der Waals surface area contributed by atoms with Gasteiger partial charge in [0.2, 0.25) is 0 Å². The Kier molecular flexibility index (Phi) is 38.1. The van der Waals surface area contributed by atoms with Gasteiger partial charge in [-0.1, -0.05) is 147 Å². The highest BCUT2D eigenvalue weighted by Crippen LogP contribution is 2.43. The van der Waals surface area contributed by atoms with Crippen molar-refractivity contribution in [2.24, 2.45) is 0 Å². The number of ether oxygens (including phenoxy) is 2. The lowest BCUT2D eigenvalue weighted by Crippen LogP contribution is -2.29. The summed E-state index contributed by atoms with van der Waals surface area (Å²) in [5, 5.41) is 18.3. The standard InChI is InChI=1S/C43H79O10P/c1-3-5-7-9-11-13-15-17-19-20-21-23-25-27-29-31-33-35-43(47)53-41(39-52-54(48,49)51-37-40(45)36-44)38-50-42(46)34-32-30-28-26-24-22-18-16-14-12-10-8-6-4-2/h10,12,16-19,40-41,44-45H,3-9,11,13-15,20-39H2,1-2H3,(H,48,49)/b12-10+,18-16+,19-17+/t40-,41+/m0/s1. The van der Waals surface area contributed by atoms with E-state index in [1.54, 1.807) is 0 Å². The number of allylic oxidation sites excluding steroid dienone is 6. The highest BCUT2D eigenvalue weighted by atomic mass is 31.2. The molecular formula is C43H79O10P. The van der Waals surface area contributed by atoms with Gasteiger partial charge in [-0.15, -0.1) is 0 Å². The number of aliphatic hydroxyl groups is 2. The highest BCUT2D eigenvalue weighted by molar-refractivity contribution is 7.47. The molecule has 316 valence electrons. The highest BCUT2D eigenvalue weighted by Gasteiger charge is 2.27. The number of hydrogen-bond donors (Lipinski definition) is 3. The minimum absolute atomic E-state index is 0.176. The van der Waals surface area contributed by atoms with Crippen LogP contribution in [0.4, 0.5) is 0 Å². The lowest BCUT2D eigenvalue weighted by molar-refractivity contribution is -0.161. The minimum atomic E-state index is -4.62. The maximum atomic E-state index is 12.6. The summed E-state index contributed by atoms with van der Waals surface area (Å²) >= 11 is 0. The lowest BCUT2D eigenvalue weighted by atomic mass is 10.1. The molecule has 0 aliphatic heterocycles. The van der Waals surface area contributed by atoms with E-state index in [9.17, 15) is 24.2 Å². The van der Waals surface area contributed by atoms with E-state index in [1.165, 1.54) is 77.0 Å². The second-order valence-corrected chi connectivity index (χ2v) is 15.8. The number of esters is 2. The molecule has 0 aliphatic carbocycles. The Morgan fingerprint density at radius 1 is 0.556 bits per heavy atom. The zero-order valence-corrected chi connectivity index (χ0v) is 35.1. The Hall–Kier alpha value is -1.81. The Morgan fingerprint density at radius 2 is 0.981 bits per heavy atom. The van der Waals surface area contributed by atoms with Gasteiger partial charge >= 0.3 is 19.8 Å². The molecule has 0 bridgehead atoms. The first kappa shape index (κ1) is 52.2. The Morgan fingerprint density at radius 3 is 1.50 bits per heavy atom. The number of carbonyl (C=O) groups is 2. The molecule has 0 saturated carbocycles. The van der Waals surface area contributed by atoms with Crippen molar-refractivity contribution >= 4 is 19.8 Å². The molecule has 3 atom stereocenters. The molecule has 0 aliphatic rings. The second-order valence-electron chi connectivity index (χ2n) is 14.4. The van der Waals surface area contributed by atoms with E-state index in [4.69, 9.17) is 19.1 Å². The number of unbranched alkanes of at least 4 members (excludes halogenated alkanes) is 20. The van der Waals surface area contributed by atoms with Gasteiger partial charge < -0.3 is 24.6 Å². The molecule has 11 heteroatoms. The molecule has 10 nitrogen and oxygen atoms in total. The van der Waals surface area contributed by atoms with Crippen LogP contribution in [0.25, 0.3) is 0 Å². The van der Waals surface area contributed by atoms with Gasteiger partial charge in [0.1, 0.15) is 12.7 Å². The topological polar surface area (TPSA) is 149 Å². The molecule has 0 aromatic carbocycles.